The Labute approximate surface area is 129 Å². The molecule has 5 nitrogen and oxygen atoms in total. The lowest BCUT2D eigenvalue weighted by molar-refractivity contribution is -0.129. The lowest BCUT2D eigenvalue weighted by Gasteiger charge is -2.42. The number of hydrogen-bond acceptors (Lipinski definition) is 4. The highest BCUT2D eigenvalue weighted by atomic mass is 79.9. The fraction of sp³-hybridized carbons (Fsp3) is 0.857. The van der Waals surface area contributed by atoms with E-state index in [1.165, 1.54) is 0 Å². The molecule has 0 N–H and O–H groups in total. The summed E-state index contributed by atoms with van der Waals surface area (Å²) in [5.41, 5.74) is -0.112. The van der Waals surface area contributed by atoms with Crippen molar-refractivity contribution in [1.29, 1.82) is 0 Å². The van der Waals surface area contributed by atoms with Gasteiger partial charge in [0.15, 0.2) is 0 Å². The van der Waals surface area contributed by atoms with Crippen molar-refractivity contribution in [2.24, 2.45) is 5.92 Å². The van der Waals surface area contributed by atoms with E-state index in [1.54, 1.807) is 6.33 Å². The van der Waals surface area contributed by atoms with Crippen LogP contribution in [0, 0.1) is 5.92 Å². The maximum atomic E-state index is 6.04. The van der Waals surface area contributed by atoms with E-state index in [0.717, 1.165) is 37.3 Å². The molecule has 0 saturated carbocycles. The molecule has 20 heavy (non-hydrogen) atoms. The number of rotatable bonds is 5. The molecule has 0 spiro atoms. The normalized spacial score (nSPS) is 23.4. The second kappa shape index (κ2) is 6.54. The highest BCUT2D eigenvalue weighted by Gasteiger charge is 2.33. The van der Waals surface area contributed by atoms with Crippen molar-refractivity contribution in [3.63, 3.8) is 0 Å². The number of aromatic nitrogens is 3. The molecule has 6 heteroatoms. The minimum Gasteiger partial charge on any atom is -0.369 e. The summed E-state index contributed by atoms with van der Waals surface area (Å²) in [7, 11) is 0. The van der Waals surface area contributed by atoms with E-state index < -0.39 is 0 Å². The minimum atomic E-state index is -0.112. The molecule has 1 aliphatic rings. The lowest BCUT2D eigenvalue weighted by atomic mass is 10.1. The van der Waals surface area contributed by atoms with Crippen LogP contribution in [-0.2, 0) is 17.8 Å². The van der Waals surface area contributed by atoms with Gasteiger partial charge in [0.2, 0.25) is 0 Å². The highest BCUT2D eigenvalue weighted by molar-refractivity contribution is 9.09. The van der Waals surface area contributed by atoms with Gasteiger partial charge in [0.05, 0.1) is 18.2 Å². The SMILES string of the molecule is CC(C)Cn1ncnc1CN1CC(CBr)OC(C)(C)C1. The molecule has 2 rings (SSSR count). The lowest BCUT2D eigenvalue weighted by Crippen LogP contribution is -2.53. The number of hydrogen-bond donors (Lipinski definition) is 0. The number of ether oxygens (including phenoxy) is 1. The van der Waals surface area contributed by atoms with Crippen LogP contribution in [0.3, 0.4) is 0 Å². The zero-order valence-corrected chi connectivity index (χ0v) is 14.4. The van der Waals surface area contributed by atoms with Crippen molar-refractivity contribution in [3.05, 3.63) is 12.2 Å². The van der Waals surface area contributed by atoms with Gasteiger partial charge in [0.25, 0.3) is 0 Å². The summed E-state index contributed by atoms with van der Waals surface area (Å²) in [6, 6.07) is 0. The molecule has 2 heterocycles. The van der Waals surface area contributed by atoms with Crippen LogP contribution in [0.2, 0.25) is 0 Å². The molecule has 1 fully saturated rings. The molecule has 1 saturated heterocycles. The maximum Gasteiger partial charge on any atom is 0.141 e. The molecular weight excluding hydrogens is 320 g/mol. The van der Waals surface area contributed by atoms with Crippen LogP contribution >= 0.6 is 15.9 Å². The first-order valence-electron chi connectivity index (χ1n) is 7.22. The summed E-state index contributed by atoms with van der Waals surface area (Å²) in [6.07, 6.45) is 1.89. The summed E-state index contributed by atoms with van der Waals surface area (Å²) < 4.78 is 8.06. The van der Waals surface area contributed by atoms with E-state index in [1.807, 2.05) is 4.68 Å². The van der Waals surface area contributed by atoms with Crippen molar-refractivity contribution in [2.75, 3.05) is 18.4 Å². The second-order valence-electron chi connectivity index (χ2n) is 6.58. The third-order valence-electron chi connectivity index (χ3n) is 3.32. The Bertz CT molecular complexity index is 433. The van der Waals surface area contributed by atoms with Gasteiger partial charge in [-0.05, 0) is 19.8 Å². The molecule has 1 aliphatic heterocycles. The van der Waals surface area contributed by atoms with Gasteiger partial charge in [-0.3, -0.25) is 4.90 Å². The molecule has 0 aliphatic carbocycles. The van der Waals surface area contributed by atoms with Crippen LogP contribution in [-0.4, -0.2) is 49.8 Å². The van der Waals surface area contributed by atoms with Crippen LogP contribution in [0.4, 0.5) is 0 Å². The Morgan fingerprint density at radius 3 is 2.90 bits per heavy atom. The topological polar surface area (TPSA) is 43.2 Å². The molecule has 0 radical (unpaired) electrons. The van der Waals surface area contributed by atoms with Gasteiger partial charge in [-0.25, -0.2) is 9.67 Å². The van der Waals surface area contributed by atoms with Crippen LogP contribution < -0.4 is 0 Å². The number of halogens is 1. The first-order chi connectivity index (χ1) is 9.39. The molecule has 0 aromatic carbocycles. The van der Waals surface area contributed by atoms with Gasteiger partial charge >= 0.3 is 0 Å². The van der Waals surface area contributed by atoms with Gasteiger partial charge < -0.3 is 4.74 Å². The van der Waals surface area contributed by atoms with Crippen molar-refractivity contribution in [2.45, 2.75) is 52.5 Å². The van der Waals surface area contributed by atoms with E-state index in [2.05, 4.69) is 58.6 Å². The molecule has 0 amide bonds. The van der Waals surface area contributed by atoms with Gasteiger partial charge in [-0.15, -0.1) is 0 Å². The predicted molar refractivity (Wildman–Crippen MR) is 82.9 cm³/mol. The van der Waals surface area contributed by atoms with E-state index in [0.29, 0.717) is 5.92 Å². The summed E-state index contributed by atoms with van der Waals surface area (Å²) in [4.78, 5) is 6.83. The van der Waals surface area contributed by atoms with E-state index in [9.17, 15) is 0 Å². The molecule has 1 aromatic heterocycles. The smallest absolute Gasteiger partial charge is 0.141 e. The summed E-state index contributed by atoms with van der Waals surface area (Å²) in [5, 5.41) is 5.20. The Balaban J connectivity index is 2.03. The van der Waals surface area contributed by atoms with Crippen molar-refractivity contribution in [1.82, 2.24) is 19.7 Å². The van der Waals surface area contributed by atoms with E-state index in [4.69, 9.17) is 4.74 Å². The van der Waals surface area contributed by atoms with Gasteiger partial charge in [0.1, 0.15) is 12.2 Å². The molecule has 114 valence electrons. The molecule has 0 bridgehead atoms. The molecule has 1 aromatic rings. The monoisotopic (exact) mass is 344 g/mol. The van der Waals surface area contributed by atoms with Crippen LogP contribution in [0.15, 0.2) is 6.33 Å². The maximum absolute atomic E-state index is 6.04. The van der Waals surface area contributed by atoms with Crippen LogP contribution in [0.1, 0.15) is 33.5 Å². The first kappa shape index (κ1) is 15.9. The second-order valence-corrected chi connectivity index (χ2v) is 7.22. The van der Waals surface area contributed by atoms with Crippen molar-refractivity contribution in [3.8, 4) is 0 Å². The Kier molecular flexibility index (Phi) is 5.20. The third kappa shape index (κ3) is 4.27. The zero-order chi connectivity index (χ0) is 14.8. The average Bonchev–Trinajstić information content (AvgIpc) is 2.73. The molecule has 1 atom stereocenters. The number of morpholine rings is 1. The molecule has 1 unspecified atom stereocenters. The minimum absolute atomic E-state index is 0.112. The molecular formula is C14H25BrN4O. The zero-order valence-electron chi connectivity index (χ0n) is 12.8. The third-order valence-corrected chi connectivity index (χ3v) is 4.05. The van der Waals surface area contributed by atoms with Crippen molar-refractivity contribution < 1.29 is 4.74 Å². The van der Waals surface area contributed by atoms with Crippen LogP contribution in [0.5, 0.6) is 0 Å². The number of alkyl halides is 1. The predicted octanol–water partition coefficient (Wildman–Crippen LogP) is 2.31. The Hall–Kier alpha value is -0.460. The summed E-state index contributed by atoms with van der Waals surface area (Å²) in [6.45, 7) is 12.3. The first-order valence-corrected chi connectivity index (χ1v) is 8.34. The fourth-order valence-electron chi connectivity index (χ4n) is 2.73. The van der Waals surface area contributed by atoms with Gasteiger partial charge in [-0.2, -0.15) is 5.10 Å². The summed E-state index contributed by atoms with van der Waals surface area (Å²) >= 11 is 3.53. The van der Waals surface area contributed by atoms with Gasteiger partial charge in [0, 0.05) is 25.0 Å². The Morgan fingerprint density at radius 1 is 1.50 bits per heavy atom. The summed E-state index contributed by atoms with van der Waals surface area (Å²) in [5.74, 6) is 1.62. The largest absolute Gasteiger partial charge is 0.369 e. The highest BCUT2D eigenvalue weighted by Crippen LogP contribution is 2.23. The Morgan fingerprint density at radius 2 is 2.25 bits per heavy atom. The average molecular weight is 345 g/mol. The van der Waals surface area contributed by atoms with E-state index in [-0.39, 0.29) is 11.7 Å². The quantitative estimate of drug-likeness (QED) is 0.768. The fourth-order valence-corrected chi connectivity index (χ4v) is 3.06. The van der Waals surface area contributed by atoms with Crippen LogP contribution in [0.25, 0.3) is 0 Å². The number of nitrogens with zero attached hydrogens (tertiary/aromatic N) is 4. The van der Waals surface area contributed by atoms with Gasteiger partial charge in [-0.1, -0.05) is 29.8 Å². The van der Waals surface area contributed by atoms with E-state index >= 15 is 0 Å². The van der Waals surface area contributed by atoms with Crippen molar-refractivity contribution >= 4 is 15.9 Å². The standard InChI is InChI=1S/C14H25BrN4O/c1-11(2)6-19-13(16-10-17-19)8-18-7-12(5-15)20-14(3,4)9-18/h10-12H,5-9H2,1-4H3.